The van der Waals surface area contributed by atoms with Crippen molar-refractivity contribution in [1.29, 1.82) is 0 Å². The number of nitro groups is 1. The molecule has 24 heavy (non-hydrogen) atoms. The number of halogens is 1. The minimum absolute atomic E-state index is 0.00624. The van der Waals surface area contributed by atoms with E-state index in [1.807, 2.05) is 0 Å². The molecule has 0 radical (unpaired) electrons. The van der Waals surface area contributed by atoms with Gasteiger partial charge in [0.25, 0.3) is 5.69 Å². The van der Waals surface area contributed by atoms with E-state index in [1.54, 1.807) is 18.2 Å². The van der Waals surface area contributed by atoms with Gasteiger partial charge in [-0.2, -0.15) is 5.10 Å². The Labute approximate surface area is 141 Å². The first kappa shape index (κ1) is 17.2. The van der Waals surface area contributed by atoms with E-state index in [9.17, 15) is 14.9 Å². The highest BCUT2D eigenvalue weighted by Crippen LogP contribution is 2.25. The summed E-state index contributed by atoms with van der Waals surface area (Å²) in [6.07, 6.45) is 1.49. The topological polar surface area (TPSA) is 114 Å². The van der Waals surface area contributed by atoms with Crippen LogP contribution in [0.15, 0.2) is 47.6 Å². The van der Waals surface area contributed by atoms with Crippen molar-refractivity contribution in [3.05, 3.63) is 63.2 Å². The highest BCUT2D eigenvalue weighted by atomic mass is 35.5. The average Bonchev–Trinajstić information content (AvgIpc) is 2.54. The first-order valence-electron chi connectivity index (χ1n) is 6.63. The third kappa shape index (κ3) is 4.96. The Hall–Kier alpha value is -3.13. The zero-order valence-corrected chi connectivity index (χ0v) is 12.9. The number of hydrogen-bond acceptors (Lipinski definition) is 6. The Balaban J connectivity index is 1.97. The molecule has 0 aliphatic heterocycles. The second kappa shape index (κ2) is 7.93. The molecule has 0 saturated heterocycles. The molecule has 0 spiro atoms. The lowest BCUT2D eigenvalue weighted by atomic mass is 10.2. The highest BCUT2D eigenvalue weighted by Gasteiger charge is 2.05. The molecule has 0 unspecified atom stereocenters. The summed E-state index contributed by atoms with van der Waals surface area (Å²) in [6.45, 7) is -0.477. The van der Waals surface area contributed by atoms with Gasteiger partial charge in [-0.15, -0.1) is 0 Å². The maximum atomic E-state index is 10.6. The monoisotopic (exact) mass is 349 g/mol. The van der Waals surface area contributed by atoms with Gasteiger partial charge in [0.05, 0.1) is 21.8 Å². The lowest BCUT2D eigenvalue weighted by Crippen LogP contribution is -2.09. The van der Waals surface area contributed by atoms with Gasteiger partial charge < -0.3 is 9.84 Å². The number of non-ortho nitro benzene ring substituents is 1. The number of ether oxygens (including phenoxy) is 1. The molecule has 2 N–H and O–H groups in total. The van der Waals surface area contributed by atoms with Gasteiger partial charge >= 0.3 is 5.97 Å². The lowest BCUT2D eigenvalue weighted by molar-refractivity contribution is -0.384. The fraction of sp³-hybridized carbons (Fsp3) is 0.0667. The second-order valence-corrected chi connectivity index (χ2v) is 4.95. The number of benzene rings is 2. The molecular weight excluding hydrogens is 338 g/mol. The van der Waals surface area contributed by atoms with Gasteiger partial charge in [0.2, 0.25) is 0 Å². The number of hydrogen-bond donors (Lipinski definition) is 2. The third-order valence-electron chi connectivity index (χ3n) is 2.79. The first-order chi connectivity index (χ1) is 11.5. The van der Waals surface area contributed by atoms with E-state index in [0.29, 0.717) is 11.3 Å². The molecule has 0 aliphatic carbocycles. The van der Waals surface area contributed by atoms with Crippen molar-refractivity contribution in [3.8, 4) is 5.75 Å². The number of carboxylic acids is 1. The van der Waals surface area contributed by atoms with Crippen molar-refractivity contribution < 1.29 is 19.6 Å². The molecule has 0 aromatic heterocycles. The molecule has 8 nitrogen and oxygen atoms in total. The van der Waals surface area contributed by atoms with E-state index in [0.717, 1.165) is 0 Å². The van der Waals surface area contributed by atoms with Gasteiger partial charge in [-0.25, -0.2) is 4.79 Å². The summed E-state index contributed by atoms with van der Waals surface area (Å²) in [5.74, 6) is -0.830. The van der Waals surface area contributed by atoms with Crippen LogP contribution in [-0.2, 0) is 4.79 Å². The van der Waals surface area contributed by atoms with Crippen molar-refractivity contribution in [1.82, 2.24) is 0 Å². The van der Waals surface area contributed by atoms with E-state index in [2.05, 4.69) is 10.5 Å². The van der Waals surface area contributed by atoms with Gasteiger partial charge in [-0.3, -0.25) is 15.5 Å². The summed E-state index contributed by atoms with van der Waals surface area (Å²) in [6, 6.07) is 10.6. The SMILES string of the molecule is O=C(O)COc1ccc(/C=N\Nc2ccc([N+](=O)[O-])cc2)cc1Cl. The first-order valence-corrected chi connectivity index (χ1v) is 7.01. The number of nitrogens with zero attached hydrogens (tertiary/aromatic N) is 2. The minimum Gasteiger partial charge on any atom is -0.480 e. The number of hydrazone groups is 1. The summed E-state index contributed by atoms with van der Waals surface area (Å²) in [5.41, 5.74) is 3.97. The fourth-order valence-electron chi connectivity index (χ4n) is 1.69. The largest absolute Gasteiger partial charge is 0.480 e. The zero-order chi connectivity index (χ0) is 17.5. The van der Waals surface area contributed by atoms with Crippen LogP contribution in [0.3, 0.4) is 0 Å². The van der Waals surface area contributed by atoms with Crippen molar-refractivity contribution in [2.75, 3.05) is 12.0 Å². The van der Waals surface area contributed by atoms with Crippen LogP contribution in [0, 0.1) is 10.1 Å². The predicted molar refractivity (Wildman–Crippen MR) is 88.9 cm³/mol. The number of nitro benzene ring substituents is 1. The quantitative estimate of drug-likeness (QED) is 0.451. The lowest BCUT2D eigenvalue weighted by Gasteiger charge is -2.06. The average molecular weight is 350 g/mol. The van der Waals surface area contributed by atoms with Crippen molar-refractivity contribution in [2.24, 2.45) is 5.10 Å². The van der Waals surface area contributed by atoms with E-state index < -0.39 is 17.5 Å². The Bertz CT molecular complexity index is 777. The number of nitrogens with one attached hydrogen (secondary N) is 1. The number of carbonyl (C=O) groups is 1. The van der Waals surface area contributed by atoms with Crippen LogP contribution >= 0.6 is 11.6 Å². The number of rotatable bonds is 7. The summed E-state index contributed by atoms with van der Waals surface area (Å²) < 4.78 is 5.01. The van der Waals surface area contributed by atoms with Gasteiger partial charge in [0, 0.05) is 12.1 Å². The van der Waals surface area contributed by atoms with Crippen LogP contribution in [-0.4, -0.2) is 28.8 Å². The molecule has 0 heterocycles. The number of aliphatic carboxylic acids is 1. The van der Waals surface area contributed by atoms with Gasteiger partial charge in [0.1, 0.15) is 5.75 Å². The summed E-state index contributed by atoms with van der Waals surface area (Å²) in [5, 5.41) is 23.4. The van der Waals surface area contributed by atoms with Crippen LogP contribution in [0.5, 0.6) is 5.75 Å². The molecule has 0 amide bonds. The van der Waals surface area contributed by atoms with Gasteiger partial charge in [-0.1, -0.05) is 11.6 Å². The maximum Gasteiger partial charge on any atom is 0.341 e. The highest BCUT2D eigenvalue weighted by molar-refractivity contribution is 6.32. The molecule has 0 saturated carbocycles. The van der Waals surface area contributed by atoms with Crippen LogP contribution in [0.25, 0.3) is 0 Å². The summed E-state index contributed by atoms with van der Waals surface area (Å²) in [4.78, 5) is 20.5. The Morgan fingerprint density at radius 1 is 1.33 bits per heavy atom. The number of anilines is 1. The van der Waals surface area contributed by atoms with Gasteiger partial charge in [-0.05, 0) is 35.9 Å². The molecule has 124 valence electrons. The second-order valence-electron chi connectivity index (χ2n) is 4.55. The molecule has 9 heteroatoms. The standard InChI is InChI=1S/C15H12ClN3O5/c16-13-7-10(1-6-14(13)24-9-15(20)21)8-17-18-11-2-4-12(5-3-11)19(22)23/h1-8,18H,9H2,(H,20,21)/b17-8-. The van der Waals surface area contributed by atoms with Crippen molar-refractivity contribution >= 4 is 35.2 Å². The maximum absolute atomic E-state index is 10.6. The Morgan fingerprint density at radius 3 is 2.62 bits per heavy atom. The minimum atomic E-state index is -1.09. The predicted octanol–water partition coefficient (Wildman–Crippen LogP) is 3.16. The van der Waals surface area contributed by atoms with Crippen molar-refractivity contribution in [2.45, 2.75) is 0 Å². The van der Waals surface area contributed by atoms with Crippen LogP contribution < -0.4 is 10.2 Å². The number of carboxylic acid groups (broad SMARTS) is 1. The van der Waals surface area contributed by atoms with E-state index in [1.165, 1.54) is 30.5 Å². The molecule has 2 aromatic rings. The smallest absolute Gasteiger partial charge is 0.341 e. The van der Waals surface area contributed by atoms with Crippen LogP contribution in [0.4, 0.5) is 11.4 Å². The summed E-state index contributed by atoms with van der Waals surface area (Å²) in [7, 11) is 0. The normalized spacial score (nSPS) is 10.5. The van der Waals surface area contributed by atoms with Crippen LogP contribution in [0.2, 0.25) is 5.02 Å². The Morgan fingerprint density at radius 2 is 2.04 bits per heavy atom. The van der Waals surface area contributed by atoms with E-state index in [-0.39, 0.29) is 16.5 Å². The molecule has 0 atom stereocenters. The van der Waals surface area contributed by atoms with Crippen LogP contribution in [0.1, 0.15) is 5.56 Å². The van der Waals surface area contributed by atoms with E-state index in [4.69, 9.17) is 21.4 Å². The molecular formula is C15H12ClN3O5. The summed E-state index contributed by atoms with van der Waals surface area (Å²) >= 11 is 5.99. The zero-order valence-electron chi connectivity index (χ0n) is 12.2. The molecule has 2 aromatic carbocycles. The fourth-order valence-corrected chi connectivity index (χ4v) is 1.94. The molecule has 2 rings (SSSR count). The Kier molecular flexibility index (Phi) is 5.69. The molecule has 0 fully saturated rings. The molecule has 0 bridgehead atoms. The third-order valence-corrected chi connectivity index (χ3v) is 3.09. The van der Waals surface area contributed by atoms with Crippen molar-refractivity contribution in [3.63, 3.8) is 0 Å². The molecule has 0 aliphatic rings. The van der Waals surface area contributed by atoms with Gasteiger partial charge in [0.15, 0.2) is 6.61 Å². The van der Waals surface area contributed by atoms with E-state index >= 15 is 0 Å².